The third-order valence-corrected chi connectivity index (χ3v) is 4.62. The summed E-state index contributed by atoms with van der Waals surface area (Å²) in [6, 6.07) is 14.3. The minimum atomic E-state index is -0.308. The second kappa shape index (κ2) is 9.91. The number of nitrogens with zero attached hydrogens (tertiary/aromatic N) is 1. The maximum atomic E-state index is 12.5. The van der Waals surface area contributed by atoms with E-state index >= 15 is 0 Å². The zero-order chi connectivity index (χ0) is 21.5. The molecule has 0 radical (unpaired) electrons. The van der Waals surface area contributed by atoms with Gasteiger partial charge in [0, 0.05) is 5.56 Å². The van der Waals surface area contributed by atoms with E-state index in [4.69, 9.17) is 4.74 Å². The molecule has 1 atom stereocenters. The van der Waals surface area contributed by atoms with Crippen molar-refractivity contribution >= 4 is 22.8 Å². The minimum absolute atomic E-state index is 0.110. The van der Waals surface area contributed by atoms with Crippen LogP contribution in [-0.2, 0) is 4.79 Å². The number of imidazole rings is 1. The lowest BCUT2D eigenvalue weighted by atomic mass is 10.0. The fourth-order valence-electron chi connectivity index (χ4n) is 3.23. The summed E-state index contributed by atoms with van der Waals surface area (Å²) in [6.07, 6.45) is 0.735. The first kappa shape index (κ1) is 21.4. The lowest BCUT2D eigenvalue weighted by molar-refractivity contribution is -0.121. The summed E-state index contributed by atoms with van der Waals surface area (Å²) in [5.74, 6) is 1.21. The van der Waals surface area contributed by atoms with Crippen LogP contribution in [0.15, 0.2) is 48.5 Å². The van der Waals surface area contributed by atoms with Crippen LogP contribution in [-0.4, -0.2) is 34.9 Å². The first-order valence-corrected chi connectivity index (χ1v) is 10.2. The number of nitrogens with one attached hydrogen (secondary N) is 3. The van der Waals surface area contributed by atoms with Crippen molar-refractivity contribution < 1.29 is 14.3 Å². The van der Waals surface area contributed by atoms with Crippen LogP contribution in [0.2, 0.25) is 0 Å². The monoisotopic (exact) mass is 408 g/mol. The maximum absolute atomic E-state index is 12.5. The predicted molar refractivity (Wildman–Crippen MR) is 116 cm³/mol. The first-order valence-electron chi connectivity index (χ1n) is 10.2. The highest BCUT2D eigenvalue weighted by Gasteiger charge is 2.20. The largest absolute Gasteiger partial charge is 0.494 e. The van der Waals surface area contributed by atoms with Crippen LogP contribution in [0.1, 0.15) is 49.4 Å². The topological polar surface area (TPSA) is 96.1 Å². The number of fused-ring (bicyclic) bond motifs is 1. The summed E-state index contributed by atoms with van der Waals surface area (Å²) in [5.41, 5.74) is 2.26. The number of rotatable bonds is 9. The fourth-order valence-corrected chi connectivity index (χ4v) is 3.23. The molecule has 30 heavy (non-hydrogen) atoms. The van der Waals surface area contributed by atoms with E-state index < -0.39 is 0 Å². The standard InChI is InChI=1S/C23H28N4O3/c1-4-30-17-11-9-16(10-12-17)23(29)24-14-21(28)25-20(13-15(2)3)22-26-18-7-5-6-8-19(18)27-22/h5-12,15,20H,4,13-14H2,1-3H3,(H,24,29)(H,25,28)(H,26,27)/t20-/m0/s1. The number of aromatic amines is 1. The van der Waals surface area contributed by atoms with Gasteiger partial charge >= 0.3 is 0 Å². The Morgan fingerprint density at radius 3 is 2.50 bits per heavy atom. The third kappa shape index (κ3) is 5.59. The summed E-state index contributed by atoms with van der Waals surface area (Å²) < 4.78 is 5.37. The van der Waals surface area contributed by atoms with Gasteiger partial charge in [-0.15, -0.1) is 0 Å². The number of carbonyl (C=O) groups excluding carboxylic acids is 2. The first-order chi connectivity index (χ1) is 14.5. The Hall–Kier alpha value is -3.35. The van der Waals surface area contributed by atoms with Crippen molar-refractivity contribution in [3.8, 4) is 5.75 Å². The summed E-state index contributed by atoms with van der Waals surface area (Å²) in [4.78, 5) is 32.7. The summed E-state index contributed by atoms with van der Waals surface area (Å²) in [7, 11) is 0. The van der Waals surface area contributed by atoms with Crippen LogP contribution in [0.5, 0.6) is 5.75 Å². The smallest absolute Gasteiger partial charge is 0.251 e. The van der Waals surface area contributed by atoms with Crippen LogP contribution < -0.4 is 15.4 Å². The Kier molecular flexibility index (Phi) is 7.06. The van der Waals surface area contributed by atoms with Gasteiger partial charge in [0.2, 0.25) is 5.91 Å². The zero-order valence-electron chi connectivity index (χ0n) is 17.6. The van der Waals surface area contributed by atoms with E-state index in [-0.39, 0.29) is 24.4 Å². The highest BCUT2D eigenvalue weighted by molar-refractivity contribution is 5.96. The number of carbonyl (C=O) groups is 2. The Labute approximate surface area is 176 Å². The number of benzene rings is 2. The van der Waals surface area contributed by atoms with Crippen LogP contribution >= 0.6 is 0 Å². The molecule has 3 aromatic rings. The van der Waals surface area contributed by atoms with E-state index in [1.807, 2.05) is 31.2 Å². The molecule has 1 aromatic heterocycles. The zero-order valence-corrected chi connectivity index (χ0v) is 17.6. The molecular formula is C23H28N4O3. The van der Waals surface area contributed by atoms with Crippen molar-refractivity contribution in [1.82, 2.24) is 20.6 Å². The van der Waals surface area contributed by atoms with Crippen molar-refractivity contribution in [3.05, 3.63) is 59.9 Å². The van der Waals surface area contributed by atoms with Gasteiger partial charge in [0.05, 0.1) is 30.2 Å². The van der Waals surface area contributed by atoms with Crippen LogP contribution in [0, 0.1) is 5.92 Å². The number of aromatic nitrogens is 2. The third-order valence-electron chi connectivity index (χ3n) is 4.62. The van der Waals surface area contributed by atoms with Crippen molar-refractivity contribution in [2.24, 2.45) is 5.92 Å². The van der Waals surface area contributed by atoms with Crippen LogP contribution in [0.25, 0.3) is 11.0 Å². The molecule has 2 amide bonds. The van der Waals surface area contributed by atoms with Gasteiger partial charge in [0.1, 0.15) is 11.6 Å². The van der Waals surface area contributed by atoms with E-state index in [1.54, 1.807) is 24.3 Å². The van der Waals surface area contributed by atoms with Gasteiger partial charge in [-0.2, -0.15) is 0 Å². The SMILES string of the molecule is CCOc1ccc(C(=O)NCC(=O)N[C@@H](CC(C)C)c2nc3ccccc3[nH]2)cc1. The van der Waals surface area contributed by atoms with Crippen molar-refractivity contribution in [3.63, 3.8) is 0 Å². The molecule has 0 saturated heterocycles. The van der Waals surface area contributed by atoms with E-state index in [0.29, 0.717) is 23.8 Å². The van der Waals surface area contributed by atoms with Gasteiger partial charge in [0.25, 0.3) is 5.91 Å². The van der Waals surface area contributed by atoms with Gasteiger partial charge < -0.3 is 20.4 Å². The Morgan fingerprint density at radius 1 is 1.10 bits per heavy atom. The second-order valence-electron chi connectivity index (χ2n) is 7.53. The Morgan fingerprint density at radius 2 is 1.83 bits per heavy atom. The Balaban J connectivity index is 1.60. The van der Waals surface area contributed by atoms with Crippen molar-refractivity contribution in [1.29, 1.82) is 0 Å². The molecule has 7 nitrogen and oxygen atoms in total. The van der Waals surface area contributed by atoms with E-state index in [9.17, 15) is 9.59 Å². The number of H-pyrrole nitrogens is 1. The number of hydrogen-bond donors (Lipinski definition) is 3. The molecule has 158 valence electrons. The molecule has 7 heteroatoms. The molecule has 0 spiro atoms. The molecule has 0 bridgehead atoms. The maximum Gasteiger partial charge on any atom is 0.251 e. The van der Waals surface area contributed by atoms with Crippen LogP contribution in [0.4, 0.5) is 0 Å². The second-order valence-corrected chi connectivity index (χ2v) is 7.53. The number of para-hydroxylation sites is 2. The lowest BCUT2D eigenvalue weighted by Gasteiger charge is -2.19. The molecule has 2 aromatic carbocycles. The van der Waals surface area contributed by atoms with E-state index in [1.165, 1.54) is 0 Å². The highest BCUT2D eigenvalue weighted by Crippen LogP contribution is 2.21. The molecule has 3 N–H and O–H groups in total. The minimum Gasteiger partial charge on any atom is -0.494 e. The average molecular weight is 409 g/mol. The highest BCUT2D eigenvalue weighted by atomic mass is 16.5. The molecular weight excluding hydrogens is 380 g/mol. The predicted octanol–water partition coefficient (Wildman–Crippen LogP) is 3.60. The average Bonchev–Trinajstić information content (AvgIpc) is 3.16. The molecule has 0 aliphatic heterocycles. The molecule has 0 fully saturated rings. The summed E-state index contributed by atoms with van der Waals surface area (Å²) in [6.45, 7) is 6.54. The normalized spacial score (nSPS) is 12.0. The van der Waals surface area contributed by atoms with E-state index in [2.05, 4.69) is 34.4 Å². The van der Waals surface area contributed by atoms with Gasteiger partial charge in [0.15, 0.2) is 0 Å². The molecule has 3 rings (SSSR count). The molecule has 1 heterocycles. The molecule has 0 saturated carbocycles. The molecule has 0 unspecified atom stereocenters. The number of ether oxygens (including phenoxy) is 1. The van der Waals surface area contributed by atoms with Gasteiger partial charge in [-0.3, -0.25) is 9.59 Å². The summed E-state index contributed by atoms with van der Waals surface area (Å²) in [5, 5.41) is 5.66. The van der Waals surface area contributed by atoms with Crippen LogP contribution in [0.3, 0.4) is 0 Å². The van der Waals surface area contributed by atoms with Crippen molar-refractivity contribution in [2.45, 2.75) is 33.2 Å². The van der Waals surface area contributed by atoms with E-state index in [0.717, 1.165) is 23.3 Å². The van der Waals surface area contributed by atoms with Gasteiger partial charge in [-0.05, 0) is 55.7 Å². The number of amides is 2. The number of hydrogen-bond acceptors (Lipinski definition) is 4. The van der Waals surface area contributed by atoms with Crippen molar-refractivity contribution in [2.75, 3.05) is 13.2 Å². The summed E-state index contributed by atoms with van der Waals surface area (Å²) >= 11 is 0. The fraction of sp³-hybridized carbons (Fsp3) is 0.348. The lowest BCUT2D eigenvalue weighted by Crippen LogP contribution is -2.39. The quantitative estimate of drug-likeness (QED) is 0.504. The molecule has 0 aliphatic rings. The van der Waals surface area contributed by atoms with Gasteiger partial charge in [-0.25, -0.2) is 4.98 Å². The Bertz CT molecular complexity index is 962. The molecule has 0 aliphatic carbocycles. The van der Waals surface area contributed by atoms with Gasteiger partial charge in [-0.1, -0.05) is 26.0 Å².